The first-order valence-electron chi connectivity index (χ1n) is 3.45. The number of aryl methyl sites for hydroxylation is 2. The molecular formula is C8H9NO3. The highest BCUT2D eigenvalue weighted by atomic mass is 16.4. The lowest BCUT2D eigenvalue weighted by molar-refractivity contribution is 0.0687. The van der Waals surface area contributed by atoms with Crippen LogP contribution in [0.4, 0.5) is 0 Å². The lowest BCUT2D eigenvalue weighted by Gasteiger charge is -1.98. The fourth-order valence-electron chi connectivity index (χ4n) is 1.23. The maximum atomic E-state index is 10.6. The Kier molecular flexibility index (Phi) is 1.99. The first-order chi connectivity index (χ1) is 5.57. The van der Waals surface area contributed by atoms with E-state index >= 15 is 0 Å². The molecule has 4 nitrogen and oxygen atoms in total. The normalized spacial score (nSPS) is 9.83. The van der Waals surface area contributed by atoms with Crippen LogP contribution >= 0.6 is 0 Å². The summed E-state index contributed by atoms with van der Waals surface area (Å²) in [6.45, 7) is 3.35. The van der Waals surface area contributed by atoms with Gasteiger partial charge in [0.1, 0.15) is 5.69 Å². The van der Waals surface area contributed by atoms with Crippen LogP contribution in [0.3, 0.4) is 0 Å². The second kappa shape index (κ2) is 2.81. The van der Waals surface area contributed by atoms with E-state index in [4.69, 9.17) is 5.11 Å². The molecule has 0 radical (unpaired) electrons. The molecule has 1 heterocycles. The zero-order valence-electron chi connectivity index (χ0n) is 6.87. The number of hydrogen-bond donors (Lipinski definition) is 1. The smallest absolute Gasteiger partial charge is 0.353 e. The molecule has 0 unspecified atom stereocenters. The summed E-state index contributed by atoms with van der Waals surface area (Å²) in [6.07, 6.45) is 0.506. The van der Waals surface area contributed by atoms with Gasteiger partial charge in [-0.25, -0.2) is 4.79 Å². The minimum atomic E-state index is -1.08. The average Bonchev–Trinajstić information content (AvgIpc) is 2.24. The number of aromatic carboxylic acids is 1. The predicted octanol–water partition coefficient (Wildman–Crippen LogP) is 0.841. The topological polar surface area (TPSA) is 59.3 Å². The van der Waals surface area contributed by atoms with Gasteiger partial charge in [0.2, 0.25) is 6.41 Å². The third-order valence-corrected chi connectivity index (χ3v) is 1.73. The van der Waals surface area contributed by atoms with Gasteiger partial charge in [0.05, 0.1) is 0 Å². The molecule has 0 spiro atoms. The molecule has 1 aromatic rings. The highest BCUT2D eigenvalue weighted by Gasteiger charge is 2.14. The average molecular weight is 167 g/mol. The molecule has 12 heavy (non-hydrogen) atoms. The molecule has 64 valence electrons. The van der Waals surface area contributed by atoms with Crippen molar-refractivity contribution in [3.63, 3.8) is 0 Å². The van der Waals surface area contributed by atoms with Crippen molar-refractivity contribution in [1.82, 2.24) is 4.57 Å². The fourth-order valence-corrected chi connectivity index (χ4v) is 1.23. The van der Waals surface area contributed by atoms with Crippen LogP contribution in [-0.4, -0.2) is 22.1 Å². The zero-order chi connectivity index (χ0) is 9.30. The van der Waals surface area contributed by atoms with Crippen molar-refractivity contribution in [2.75, 3.05) is 0 Å². The predicted molar refractivity (Wildman–Crippen MR) is 43.0 cm³/mol. The third kappa shape index (κ3) is 1.11. The largest absolute Gasteiger partial charge is 0.477 e. The summed E-state index contributed by atoms with van der Waals surface area (Å²) in [5.74, 6) is -1.08. The van der Waals surface area contributed by atoms with Gasteiger partial charge in [0, 0.05) is 5.69 Å². The van der Waals surface area contributed by atoms with Crippen LogP contribution in [0.5, 0.6) is 0 Å². The summed E-state index contributed by atoms with van der Waals surface area (Å²) in [6, 6.07) is 1.66. The molecule has 0 atom stereocenters. The molecule has 0 aliphatic rings. The van der Waals surface area contributed by atoms with Crippen LogP contribution in [0.1, 0.15) is 21.7 Å². The van der Waals surface area contributed by atoms with Crippen LogP contribution in [0, 0.1) is 13.8 Å². The Labute approximate surface area is 69.4 Å². The van der Waals surface area contributed by atoms with Crippen molar-refractivity contribution in [1.29, 1.82) is 0 Å². The van der Waals surface area contributed by atoms with Crippen molar-refractivity contribution < 1.29 is 14.7 Å². The summed E-state index contributed by atoms with van der Waals surface area (Å²) < 4.78 is 1.12. The van der Waals surface area contributed by atoms with Gasteiger partial charge in [-0.05, 0) is 25.5 Å². The standard InChI is InChI=1S/C8H9NO3/c1-5-3-6(2)9(4-10)7(5)8(11)12/h3-4H,1-2H3,(H,11,12). The van der Waals surface area contributed by atoms with Gasteiger partial charge >= 0.3 is 5.97 Å². The van der Waals surface area contributed by atoms with E-state index in [0.717, 1.165) is 4.57 Å². The summed E-state index contributed by atoms with van der Waals surface area (Å²) in [7, 11) is 0. The molecule has 0 saturated heterocycles. The molecule has 0 aliphatic carbocycles. The minimum Gasteiger partial charge on any atom is -0.477 e. The van der Waals surface area contributed by atoms with Crippen LogP contribution in [0.25, 0.3) is 0 Å². The summed E-state index contributed by atoms with van der Waals surface area (Å²) in [5, 5.41) is 8.71. The maximum Gasteiger partial charge on any atom is 0.353 e. The van der Waals surface area contributed by atoms with E-state index in [1.807, 2.05) is 0 Å². The number of carbonyl (C=O) groups excluding carboxylic acids is 1. The van der Waals surface area contributed by atoms with Gasteiger partial charge in [0.15, 0.2) is 0 Å². The van der Waals surface area contributed by atoms with Crippen LogP contribution < -0.4 is 0 Å². The summed E-state index contributed by atoms with van der Waals surface area (Å²) >= 11 is 0. The Bertz CT molecular complexity index is 338. The van der Waals surface area contributed by atoms with E-state index in [2.05, 4.69) is 0 Å². The van der Waals surface area contributed by atoms with E-state index in [1.54, 1.807) is 19.9 Å². The Balaban J connectivity index is 3.42. The van der Waals surface area contributed by atoms with Gasteiger partial charge in [-0.2, -0.15) is 0 Å². The number of carbonyl (C=O) groups is 2. The minimum absolute atomic E-state index is 0.0440. The molecule has 0 aromatic carbocycles. The van der Waals surface area contributed by atoms with E-state index in [0.29, 0.717) is 17.7 Å². The molecule has 0 fully saturated rings. The SMILES string of the molecule is Cc1cc(C)n(C=O)c1C(=O)O. The number of aromatic nitrogens is 1. The second-order valence-corrected chi connectivity index (χ2v) is 2.60. The first-order valence-corrected chi connectivity index (χ1v) is 3.45. The van der Waals surface area contributed by atoms with Crippen LogP contribution in [-0.2, 0) is 4.79 Å². The van der Waals surface area contributed by atoms with E-state index in [9.17, 15) is 9.59 Å². The van der Waals surface area contributed by atoms with Gasteiger partial charge in [-0.1, -0.05) is 0 Å². The number of rotatable bonds is 2. The first kappa shape index (κ1) is 8.52. The van der Waals surface area contributed by atoms with Crippen molar-refractivity contribution >= 4 is 12.4 Å². The molecule has 1 aromatic heterocycles. The molecule has 0 aliphatic heterocycles. The maximum absolute atomic E-state index is 10.6. The summed E-state index contributed by atoms with van der Waals surface area (Å²) in [5.41, 5.74) is 1.29. The van der Waals surface area contributed by atoms with Gasteiger partial charge in [-0.3, -0.25) is 9.36 Å². The van der Waals surface area contributed by atoms with Crippen molar-refractivity contribution in [2.24, 2.45) is 0 Å². The van der Waals surface area contributed by atoms with Crippen molar-refractivity contribution in [2.45, 2.75) is 13.8 Å². The molecule has 1 N–H and O–H groups in total. The van der Waals surface area contributed by atoms with Gasteiger partial charge in [0.25, 0.3) is 0 Å². The zero-order valence-corrected chi connectivity index (χ0v) is 6.87. The molecule has 0 saturated carbocycles. The Morgan fingerprint density at radius 3 is 2.50 bits per heavy atom. The third-order valence-electron chi connectivity index (χ3n) is 1.73. The second-order valence-electron chi connectivity index (χ2n) is 2.60. The van der Waals surface area contributed by atoms with Crippen LogP contribution in [0.2, 0.25) is 0 Å². The quantitative estimate of drug-likeness (QED) is 0.664. The van der Waals surface area contributed by atoms with Gasteiger partial charge < -0.3 is 5.11 Å². The lowest BCUT2D eigenvalue weighted by atomic mass is 10.3. The van der Waals surface area contributed by atoms with Crippen molar-refractivity contribution in [3.8, 4) is 0 Å². The Hall–Kier alpha value is -1.58. The highest BCUT2D eigenvalue weighted by molar-refractivity contribution is 5.90. The fraction of sp³-hybridized carbons (Fsp3) is 0.250. The number of hydrogen-bond acceptors (Lipinski definition) is 2. The monoisotopic (exact) mass is 167 g/mol. The Morgan fingerprint density at radius 1 is 1.58 bits per heavy atom. The summed E-state index contributed by atoms with van der Waals surface area (Å²) in [4.78, 5) is 21.1. The molecule has 4 heteroatoms. The van der Waals surface area contributed by atoms with Gasteiger partial charge in [-0.15, -0.1) is 0 Å². The molecule has 0 amide bonds. The molecule has 1 rings (SSSR count). The Morgan fingerprint density at radius 2 is 2.17 bits per heavy atom. The van der Waals surface area contributed by atoms with E-state index in [-0.39, 0.29) is 5.69 Å². The number of carboxylic acid groups (broad SMARTS) is 1. The number of carboxylic acids is 1. The number of nitrogens with zero attached hydrogens (tertiary/aromatic N) is 1. The van der Waals surface area contributed by atoms with E-state index in [1.165, 1.54) is 0 Å². The van der Waals surface area contributed by atoms with E-state index < -0.39 is 5.97 Å². The van der Waals surface area contributed by atoms with Crippen molar-refractivity contribution in [3.05, 3.63) is 23.0 Å². The molecular weight excluding hydrogens is 158 g/mol. The lowest BCUT2D eigenvalue weighted by Crippen LogP contribution is -2.09. The highest BCUT2D eigenvalue weighted by Crippen LogP contribution is 2.12. The molecule has 0 bridgehead atoms. The van der Waals surface area contributed by atoms with Crippen LogP contribution in [0.15, 0.2) is 6.07 Å².